The number of ether oxygens (including phenoxy) is 3. The van der Waals surface area contributed by atoms with E-state index in [0.29, 0.717) is 39.1 Å². The lowest BCUT2D eigenvalue weighted by molar-refractivity contribution is -0.0743. The Morgan fingerprint density at radius 2 is 1.69 bits per heavy atom. The first-order valence-corrected chi connectivity index (χ1v) is 12.5. The van der Waals surface area contributed by atoms with Crippen molar-refractivity contribution in [3.05, 3.63) is 53.1 Å². The quantitative estimate of drug-likeness (QED) is 0.626. The summed E-state index contributed by atoms with van der Waals surface area (Å²) in [4.78, 5) is 4.43. The van der Waals surface area contributed by atoms with Crippen molar-refractivity contribution in [2.75, 3.05) is 64.6 Å². The van der Waals surface area contributed by atoms with Crippen LogP contribution in [0.4, 0.5) is 5.69 Å². The maximum Gasteiger partial charge on any atom is 0.134 e. The van der Waals surface area contributed by atoms with Crippen LogP contribution in [0.3, 0.4) is 0 Å². The van der Waals surface area contributed by atoms with E-state index in [1.807, 2.05) is 32.0 Å². The summed E-state index contributed by atoms with van der Waals surface area (Å²) in [5.41, 5.74) is 2.61. The second-order valence-corrected chi connectivity index (χ2v) is 10.4. The lowest BCUT2D eigenvalue weighted by atomic mass is 9.90. The normalized spacial score (nSPS) is 23.1. The van der Waals surface area contributed by atoms with Crippen LogP contribution >= 0.6 is 0 Å². The summed E-state index contributed by atoms with van der Waals surface area (Å²) in [6, 6.07) is 12.2. The summed E-state index contributed by atoms with van der Waals surface area (Å²) in [7, 11) is 1.67. The highest BCUT2D eigenvalue weighted by Crippen LogP contribution is 2.30. The van der Waals surface area contributed by atoms with Gasteiger partial charge in [0.2, 0.25) is 0 Å². The van der Waals surface area contributed by atoms with Crippen LogP contribution in [0.2, 0.25) is 0 Å². The number of methoxy groups -OCH3 is 1. The van der Waals surface area contributed by atoms with Crippen molar-refractivity contribution >= 4 is 5.69 Å². The maximum absolute atomic E-state index is 11.4. The van der Waals surface area contributed by atoms with Crippen LogP contribution in [0.15, 0.2) is 36.4 Å². The van der Waals surface area contributed by atoms with E-state index in [1.54, 1.807) is 7.11 Å². The number of anilines is 1. The molecule has 0 aliphatic carbocycles. The Hall–Kier alpha value is -2.32. The highest BCUT2D eigenvalue weighted by Gasteiger charge is 2.39. The third kappa shape index (κ3) is 6.47. The molecule has 1 atom stereocenters. The first-order valence-electron chi connectivity index (χ1n) is 12.5. The Bertz CT molecular complexity index is 988. The van der Waals surface area contributed by atoms with Gasteiger partial charge in [-0.25, -0.2) is 0 Å². The third-order valence-corrected chi connectivity index (χ3v) is 7.35. The zero-order valence-electron chi connectivity index (χ0n) is 21.5. The number of aryl methyl sites for hydroxylation is 2. The Morgan fingerprint density at radius 3 is 2.37 bits per heavy atom. The second kappa shape index (κ2) is 10.7. The first-order chi connectivity index (χ1) is 16.7. The van der Waals surface area contributed by atoms with E-state index in [-0.39, 0.29) is 13.2 Å². The molecule has 7 heteroatoms. The number of piperidine rings is 1. The molecule has 35 heavy (non-hydrogen) atoms. The molecule has 7 nitrogen and oxygen atoms in total. The van der Waals surface area contributed by atoms with Crippen molar-refractivity contribution < 1.29 is 24.4 Å². The van der Waals surface area contributed by atoms with E-state index in [2.05, 4.69) is 34.9 Å². The minimum Gasteiger partial charge on any atom is -0.497 e. The number of rotatable bonds is 7. The molecule has 2 saturated heterocycles. The number of hydrogen-bond acceptors (Lipinski definition) is 7. The average molecular weight is 485 g/mol. The van der Waals surface area contributed by atoms with Gasteiger partial charge in [0.15, 0.2) is 0 Å². The zero-order chi connectivity index (χ0) is 25.1. The molecule has 192 valence electrons. The standard InChI is InChI=1S/C28H40N2O5/c1-21-15-22(2)23(3)26(16-21)35-20-28(32)18-29(13-14-34-19-28)17-27(31)9-11-30(12-10-27)24-5-7-25(33-4)8-6-24/h5-8,15-16,31-32H,9-14,17-20H2,1-4H3/t28-/m1/s1. The van der Waals surface area contributed by atoms with Gasteiger partial charge in [-0.1, -0.05) is 6.07 Å². The topological polar surface area (TPSA) is 74.6 Å². The lowest BCUT2D eigenvalue weighted by Crippen LogP contribution is -2.55. The zero-order valence-corrected chi connectivity index (χ0v) is 21.5. The Morgan fingerprint density at radius 1 is 0.971 bits per heavy atom. The predicted molar refractivity (Wildman–Crippen MR) is 138 cm³/mol. The first kappa shape index (κ1) is 25.8. The molecule has 0 aromatic heterocycles. The van der Waals surface area contributed by atoms with Gasteiger partial charge in [-0.05, 0) is 80.6 Å². The molecule has 0 spiro atoms. The fourth-order valence-corrected chi connectivity index (χ4v) is 5.13. The number of nitrogens with zero attached hydrogens (tertiary/aromatic N) is 2. The Kier molecular flexibility index (Phi) is 7.91. The summed E-state index contributed by atoms with van der Waals surface area (Å²) in [5.74, 6) is 1.64. The van der Waals surface area contributed by atoms with Crippen LogP contribution in [0.5, 0.6) is 11.5 Å². The minimum atomic E-state index is -1.14. The summed E-state index contributed by atoms with van der Waals surface area (Å²) in [5, 5.41) is 22.8. The smallest absolute Gasteiger partial charge is 0.134 e. The van der Waals surface area contributed by atoms with E-state index in [9.17, 15) is 10.2 Å². The molecular formula is C28H40N2O5. The molecule has 0 bridgehead atoms. The number of aliphatic hydroxyl groups is 2. The molecular weight excluding hydrogens is 444 g/mol. The monoisotopic (exact) mass is 484 g/mol. The average Bonchev–Trinajstić information content (AvgIpc) is 3.02. The molecule has 2 fully saturated rings. The minimum absolute atomic E-state index is 0.150. The Labute approximate surface area is 209 Å². The van der Waals surface area contributed by atoms with E-state index >= 15 is 0 Å². The fraction of sp³-hybridized carbons (Fsp3) is 0.571. The molecule has 2 aromatic rings. The molecule has 0 saturated carbocycles. The van der Waals surface area contributed by atoms with Gasteiger partial charge in [-0.3, -0.25) is 4.90 Å². The Balaban J connectivity index is 1.35. The van der Waals surface area contributed by atoms with Gasteiger partial charge >= 0.3 is 0 Å². The van der Waals surface area contributed by atoms with Crippen LogP contribution < -0.4 is 14.4 Å². The molecule has 2 aliphatic heterocycles. The largest absolute Gasteiger partial charge is 0.497 e. The number of hydrogen-bond donors (Lipinski definition) is 2. The van der Waals surface area contributed by atoms with Crippen molar-refractivity contribution in [3.63, 3.8) is 0 Å². The highest BCUT2D eigenvalue weighted by atomic mass is 16.5. The molecule has 0 unspecified atom stereocenters. The van der Waals surface area contributed by atoms with E-state index < -0.39 is 11.2 Å². The summed E-state index contributed by atoms with van der Waals surface area (Å²) in [6.07, 6.45) is 1.35. The summed E-state index contributed by atoms with van der Waals surface area (Å²) in [6.45, 7) is 10.2. The van der Waals surface area contributed by atoms with Gasteiger partial charge in [0, 0.05) is 38.4 Å². The van der Waals surface area contributed by atoms with Crippen molar-refractivity contribution in [2.45, 2.75) is 44.8 Å². The lowest BCUT2D eigenvalue weighted by Gasteiger charge is -2.42. The van der Waals surface area contributed by atoms with Crippen LogP contribution in [-0.2, 0) is 4.74 Å². The van der Waals surface area contributed by atoms with Gasteiger partial charge < -0.3 is 29.3 Å². The second-order valence-electron chi connectivity index (χ2n) is 10.4. The molecule has 2 aliphatic rings. The van der Waals surface area contributed by atoms with Crippen LogP contribution in [0.25, 0.3) is 0 Å². The van der Waals surface area contributed by atoms with Crippen LogP contribution in [0.1, 0.15) is 29.5 Å². The third-order valence-electron chi connectivity index (χ3n) is 7.35. The van der Waals surface area contributed by atoms with E-state index in [1.165, 1.54) is 5.56 Å². The van der Waals surface area contributed by atoms with Gasteiger partial charge in [0.1, 0.15) is 23.7 Å². The molecule has 4 rings (SSSR count). The van der Waals surface area contributed by atoms with Gasteiger partial charge in [0.05, 0.1) is 25.9 Å². The van der Waals surface area contributed by atoms with Crippen molar-refractivity contribution in [1.82, 2.24) is 4.90 Å². The van der Waals surface area contributed by atoms with Gasteiger partial charge in [0.25, 0.3) is 0 Å². The van der Waals surface area contributed by atoms with E-state index in [4.69, 9.17) is 14.2 Å². The maximum atomic E-state index is 11.4. The number of benzene rings is 2. The van der Waals surface area contributed by atoms with Crippen molar-refractivity contribution in [2.24, 2.45) is 0 Å². The molecule has 2 aromatic carbocycles. The molecule has 0 amide bonds. The van der Waals surface area contributed by atoms with Gasteiger partial charge in [-0.15, -0.1) is 0 Å². The fourth-order valence-electron chi connectivity index (χ4n) is 5.13. The number of β-amino-alcohol motifs (C(OH)–C–C–N with tert-alkyl or cyclic N) is 2. The van der Waals surface area contributed by atoms with Crippen LogP contribution in [0, 0.1) is 20.8 Å². The predicted octanol–water partition coefficient (Wildman–Crippen LogP) is 3.09. The SMILES string of the molecule is COc1ccc(N2CCC(O)(CN3CCOC[C@@](O)(COc4cc(C)cc(C)c4C)C3)CC2)cc1. The molecule has 2 heterocycles. The summed E-state index contributed by atoms with van der Waals surface area (Å²) >= 11 is 0. The summed E-state index contributed by atoms with van der Waals surface area (Å²) < 4.78 is 17.1. The highest BCUT2D eigenvalue weighted by molar-refractivity contribution is 5.49. The van der Waals surface area contributed by atoms with Crippen molar-refractivity contribution in [1.29, 1.82) is 0 Å². The van der Waals surface area contributed by atoms with Crippen LogP contribution in [-0.4, -0.2) is 86.0 Å². The van der Waals surface area contributed by atoms with E-state index in [0.717, 1.165) is 41.4 Å². The van der Waals surface area contributed by atoms with Crippen molar-refractivity contribution in [3.8, 4) is 11.5 Å². The molecule has 2 N–H and O–H groups in total. The molecule has 0 radical (unpaired) electrons. The van der Waals surface area contributed by atoms with Gasteiger partial charge in [-0.2, -0.15) is 0 Å².